The number of ether oxygens (including phenoxy) is 1. The van der Waals surface area contributed by atoms with Crippen molar-refractivity contribution < 1.29 is 31.1 Å². The lowest BCUT2D eigenvalue weighted by Gasteiger charge is -2.17. The van der Waals surface area contributed by atoms with E-state index in [1.165, 1.54) is 24.5 Å². The molecule has 0 bridgehead atoms. The highest BCUT2D eigenvalue weighted by atomic mass is 32.2. The van der Waals surface area contributed by atoms with Crippen molar-refractivity contribution in [1.29, 1.82) is 0 Å². The van der Waals surface area contributed by atoms with Crippen LogP contribution in [0.5, 0.6) is 0 Å². The summed E-state index contributed by atoms with van der Waals surface area (Å²) in [6.45, 7) is 0. The standard InChI is InChI=1S/C16H16F3NO4S2/c1-24-15(21)9-13(14-6-3-7-25-14)20-26(22,23)10-11-4-2-5-12(8-11)16(17,18)19/h2-8,13,20H,9-10H2,1H3. The summed E-state index contributed by atoms with van der Waals surface area (Å²) in [4.78, 5) is 12.1. The first-order valence-corrected chi connectivity index (χ1v) is 9.90. The van der Waals surface area contributed by atoms with Crippen molar-refractivity contribution >= 4 is 27.3 Å². The molecular weight excluding hydrogens is 391 g/mol. The Kier molecular flexibility index (Phi) is 6.43. The van der Waals surface area contributed by atoms with Gasteiger partial charge in [-0.3, -0.25) is 4.79 Å². The summed E-state index contributed by atoms with van der Waals surface area (Å²) in [6, 6.07) is 6.62. The predicted molar refractivity (Wildman–Crippen MR) is 90.9 cm³/mol. The third-order valence-corrected chi connectivity index (χ3v) is 5.76. The van der Waals surface area contributed by atoms with E-state index in [0.717, 1.165) is 18.2 Å². The lowest BCUT2D eigenvalue weighted by molar-refractivity contribution is -0.141. The number of hydrogen-bond donors (Lipinski definition) is 1. The van der Waals surface area contributed by atoms with E-state index >= 15 is 0 Å². The Morgan fingerprint density at radius 1 is 1.27 bits per heavy atom. The Morgan fingerprint density at radius 3 is 2.58 bits per heavy atom. The average Bonchev–Trinajstić information content (AvgIpc) is 3.07. The highest BCUT2D eigenvalue weighted by molar-refractivity contribution is 7.88. The van der Waals surface area contributed by atoms with Crippen LogP contribution in [-0.2, 0) is 31.5 Å². The van der Waals surface area contributed by atoms with Gasteiger partial charge in [0.15, 0.2) is 0 Å². The molecule has 1 atom stereocenters. The number of halogens is 3. The molecular formula is C16H16F3NO4S2. The van der Waals surface area contributed by atoms with E-state index in [1.54, 1.807) is 17.5 Å². The van der Waals surface area contributed by atoms with E-state index in [4.69, 9.17) is 0 Å². The van der Waals surface area contributed by atoms with Crippen LogP contribution in [0.3, 0.4) is 0 Å². The molecule has 0 aliphatic rings. The molecule has 0 aliphatic carbocycles. The number of sulfonamides is 1. The number of benzene rings is 1. The Labute approximate surface area is 152 Å². The van der Waals surface area contributed by atoms with Crippen LogP contribution in [0.15, 0.2) is 41.8 Å². The summed E-state index contributed by atoms with van der Waals surface area (Å²) in [5.74, 6) is -1.25. The largest absolute Gasteiger partial charge is 0.469 e. The molecule has 2 aromatic rings. The second-order valence-electron chi connectivity index (χ2n) is 5.42. The average molecular weight is 407 g/mol. The fourth-order valence-corrected chi connectivity index (χ4v) is 4.45. The summed E-state index contributed by atoms with van der Waals surface area (Å²) in [7, 11) is -2.81. The second-order valence-corrected chi connectivity index (χ2v) is 8.16. The lowest BCUT2D eigenvalue weighted by Crippen LogP contribution is -2.31. The first-order valence-electron chi connectivity index (χ1n) is 7.37. The highest BCUT2D eigenvalue weighted by Crippen LogP contribution is 2.30. The van der Waals surface area contributed by atoms with E-state index in [9.17, 15) is 26.4 Å². The number of nitrogens with one attached hydrogen (secondary N) is 1. The van der Waals surface area contributed by atoms with E-state index in [0.29, 0.717) is 4.88 Å². The quantitative estimate of drug-likeness (QED) is 0.713. The molecule has 1 aromatic carbocycles. The van der Waals surface area contributed by atoms with Gasteiger partial charge in [0.2, 0.25) is 10.0 Å². The number of carbonyl (C=O) groups excluding carboxylic acids is 1. The SMILES string of the molecule is COC(=O)CC(NS(=O)(=O)Cc1cccc(C(F)(F)F)c1)c1cccs1. The molecule has 1 aromatic heterocycles. The van der Waals surface area contributed by atoms with Gasteiger partial charge in [-0.05, 0) is 23.1 Å². The van der Waals surface area contributed by atoms with Crippen LogP contribution in [0.4, 0.5) is 13.2 Å². The molecule has 0 spiro atoms. The van der Waals surface area contributed by atoms with Crippen LogP contribution in [-0.4, -0.2) is 21.5 Å². The van der Waals surface area contributed by atoms with Crippen LogP contribution in [0.25, 0.3) is 0 Å². The maximum atomic E-state index is 12.8. The zero-order valence-electron chi connectivity index (χ0n) is 13.6. The number of methoxy groups -OCH3 is 1. The van der Waals surface area contributed by atoms with Crippen molar-refractivity contribution in [2.24, 2.45) is 0 Å². The molecule has 1 N–H and O–H groups in total. The highest BCUT2D eigenvalue weighted by Gasteiger charge is 2.31. The maximum Gasteiger partial charge on any atom is 0.416 e. The molecule has 0 radical (unpaired) electrons. The topological polar surface area (TPSA) is 72.5 Å². The molecule has 0 aliphatic heterocycles. The molecule has 0 fully saturated rings. The summed E-state index contributed by atoms with van der Waals surface area (Å²) < 4.78 is 70.0. The number of esters is 1. The van der Waals surface area contributed by atoms with Gasteiger partial charge in [0.25, 0.3) is 0 Å². The normalized spacial score (nSPS) is 13.4. The van der Waals surface area contributed by atoms with Gasteiger partial charge in [-0.15, -0.1) is 11.3 Å². The minimum Gasteiger partial charge on any atom is -0.469 e. The Morgan fingerprint density at radius 2 is 2.00 bits per heavy atom. The van der Waals surface area contributed by atoms with Gasteiger partial charge >= 0.3 is 12.1 Å². The summed E-state index contributed by atoms with van der Waals surface area (Å²) >= 11 is 1.25. The number of thiophene rings is 1. The van der Waals surface area contributed by atoms with Crippen LogP contribution < -0.4 is 4.72 Å². The van der Waals surface area contributed by atoms with Gasteiger partial charge in [-0.2, -0.15) is 13.2 Å². The van der Waals surface area contributed by atoms with E-state index < -0.39 is 39.5 Å². The minimum atomic E-state index is -4.56. The molecule has 1 unspecified atom stereocenters. The smallest absolute Gasteiger partial charge is 0.416 e. The van der Waals surface area contributed by atoms with Crippen molar-refractivity contribution in [2.45, 2.75) is 24.4 Å². The fourth-order valence-electron chi connectivity index (χ4n) is 2.26. The lowest BCUT2D eigenvalue weighted by atomic mass is 10.1. The molecule has 2 rings (SSSR count). The number of rotatable bonds is 7. The predicted octanol–water partition coefficient (Wildman–Crippen LogP) is 3.49. The molecule has 0 amide bonds. The number of hydrogen-bond acceptors (Lipinski definition) is 5. The Hall–Kier alpha value is -1.91. The van der Waals surface area contributed by atoms with Crippen molar-refractivity contribution in [3.63, 3.8) is 0 Å². The first-order chi connectivity index (χ1) is 12.1. The first kappa shape index (κ1) is 20.4. The van der Waals surface area contributed by atoms with Gasteiger partial charge in [0, 0.05) is 4.88 Å². The van der Waals surface area contributed by atoms with E-state index in [2.05, 4.69) is 9.46 Å². The van der Waals surface area contributed by atoms with Crippen molar-refractivity contribution in [1.82, 2.24) is 4.72 Å². The van der Waals surface area contributed by atoms with Gasteiger partial charge in [0.1, 0.15) is 0 Å². The van der Waals surface area contributed by atoms with E-state index in [1.807, 2.05) is 0 Å². The van der Waals surface area contributed by atoms with Crippen LogP contribution >= 0.6 is 11.3 Å². The molecule has 5 nitrogen and oxygen atoms in total. The molecule has 1 heterocycles. The number of alkyl halides is 3. The third-order valence-electron chi connectivity index (χ3n) is 3.42. The van der Waals surface area contributed by atoms with E-state index in [-0.39, 0.29) is 12.0 Å². The summed E-state index contributed by atoms with van der Waals surface area (Å²) in [6.07, 6.45) is -4.78. The Bertz CT molecular complexity index is 849. The van der Waals surface area contributed by atoms with Gasteiger partial charge < -0.3 is 4.74 Å². The second kappa shape index (κ2) is 8.19. The van der Waals surface area contributed by atoms with Crippen LogP contribution in [0.2, 0.25) is 0 Å². The molecule has 142 valence electrons. The van der Waals surface area contributed by atoms with Gasteiger partial charge in [0.05, 0.1) is 30.9 Å². The molecule has 0 saturated heterocycles. The zero-order chi connectivity index (χ0) is 19.4. The van der Waals surface area contributed by atoms with Crippen molar-refractivity contribution in [3.05, 3.63) is 57.8 Å². The van der Waals surface area contributed by atoms with Crippen LogP contribution in [0.1, 0.15) is 28.5 Å². The molecule has 10 heteroatoms. The third kappa shape index (κ3) is 5.82. The van der Waals surface area contributed by atoms with Crippen LogP contribution in [0, 0.1) is 0 Å². The van der Waals surface area contributed by atoms with Gasteiger partial charge in [-0.1, -0.05) is 24.3 Å². The maximum absolute atomic E-state index is 12.8. The summed E-state index contributed by atoms with van der Waals surface area (Å²) in [5.41, 5.74) is -0.926. The minimum absolute atomic E-state index is 0.00433. The molecule has 26 heavy (non-hydrogen) atoms. The van der Waals surface area contributed by atoms with Crippen molar-refractivity contribution in [3.8, 4) is 0 Å². The number of carbonyl (C=O) groups is 1. The molecule has 0 saturated carbocycles. The Balaban J connectivity index is 2.19. The van der Waals surface area contributed by atoms with Crippen molar-refractivity contribution in [2.75, 3.05) is 7.11 Å². The fraction of sp³-hybridized carbons (Fsp3) is 0.312. The van der Waals surface area contributed by atoms with Gasteiger partial charge in [-0.25, -0.2) is 13.1 Å². The zero-order valence-corrected chi connectivity index (χ0v) is 15.2. The monoisotopic (exact) mass is 407 g/mol. The summed E-state index contributed by atoms with van der Waals surface area (Å²) in [5, 5.41) is 1.72.